The highest BCUT2D eigenvalue weighted by atomic mass is 127. The number of rotatable bonds is 2. The van der Waals surface area contributed by atoms with Gasteiger partial charge in [0.15, 0.2) is 0 Å². The maximum Gasteiger partial charge on any atom is 0.339 e. The molecule has 0 aromatic heterocycles. The SMILES string of the molecule is C=Cc1cc(I)c(O)c(C(=O)O)c1. The number of benzene rings is 1. The van der Waals surface area contributed by atoms with Crippen molar-refractivity contribution >= 4 is 34.6 Å². The summed E-state index contributed by atoms with van der Waals surface area (Å²) in [5, 5.41) is 18.1. The molecule has 13 heavy (non-hydrogen) atoms. The minimum Gasteiger partial charge on any atom is -0.506 e. The van der Waals surface area contributed by atoms with Crippen molar-refractivity contribution in [2.24, 2.45) is 0 Å². The number of carbonyl (C=O) groups is 1. The van der Waals surface area contributed by atoms with Crippen LogP contribution in [-0.2, 0) is 0 Å². The lowest BCUT2D eigenvalue weighted by molar-refractivity contribution is 0.0693. The average molecular weight is 290 g/mol. The number of phenols is 1. The summed E-state index contributed by atoms with van der Waals surface area (Å²) in [5.74, 6) is -1.34. The van der Waals surface area contributed by atoms with Gasteiger partial charge in [0, 0.05) is 0 Å². The standard InChI is InChI=1S/C9H7IO3/c1-2-5-3-6(9(12)13)8(11)7(10)4-5/h2-4,11H,1H2,(H,12,13). The van der Waals surface area contributed by atoms with Crippen LogP contribution in [0.15, 0.2) is 18.7 Å². The quantitative estimate of drug-likeness (QED) is 0.822. The molecular formula is C9H7IO3. The number of hydrogen-bond donors (Lipinski definition) is 2. The van der Waals surface area contributed by atoms with Crippen LogP contribution in [0.3, 0.4) is 0 Å². The van der Waals surface area contributed by atoms with Crippen molar-refractivity contribution in [1.82, 2.24) is 0 Å². The number of carboxylic acids is 1. The smallest absolute Gasteiger partial charge is 0.339 e. The van der Waals surface area contributed by atoms with Crippen LogP contribution >= 0.6 is 22.6 Å². The van der Waals surface area contributed by atoms with Crippen LogP contribution in [0.2, 0.25) is 0 Å². The third kappa shape index (κ3) is 2.00. The van der Waals surface area contributed by atoms with Crippen LogP contribution in [0.25, 0.3) is 6.08 Å². The van der Waals surface area contributed by atoms with E-state index in [0.29, 0.717) is 9.13 Å². The number of hydrogen-bond acceptors (Lipinski definition) is 2. The summed E-state index contributed by atoms with van der Waals surface area (Å²) >= 11 is 1.87. The van der Waals surface area contributed by atoms with Gasteiger partial charge in [-0.2, -0.15) is 0 Å². The van der Waals surface area contributed by atoms with Crippen molar-refractivity contribution in [2.75, 3.05) is 0 Å². The Morgan fingerprint density at radius 3 is 2.62 bits per heavy atom. The number of aromatic carboxylic acids is 1. The molecule has 3 nitrogen and oxygen atoms in total. The Morgan fingerprint density at radius 2 is 2.15 bits per heavy atom. The molecule has 0 aliphatic heterocycles. The van der Waals surface area contributed by atoms with Crippen molar-refractivity contribution in [1.29, 1.82) is 0 Å². The third-order valence-corrected chi connectivity index (χ3v) is 2.37. The van der Waals surface area contributed by atoms with E-state index >= 15 is 0 Å². The van der Waals surface area contributed by atoms with E-state index in [1.807, 2.05) is 22.6 Å². The monoisotopic (exact) mass is 290 g/mol. The van der Waals surface area contributed by atoms with Gasteiger partial charge in [0.25, 0.3) is 0 Å². The van der Waals surface area contributed by atoms with Crippen LogP contribution in [0.1, 0.15) is 15.9 Å². The van der Waals surface area contributed by atoms with Gasteiger partial charge in [0.2, 0.25) is 0 Å². The molecule has 0 saturated carbocycles. The molecule has 0 fully saturated rings. The molecule has 0 heterocycles. The first kappa shape index (κ1) is 10.0. The molecule has 0 atom stereocenters. The van der Waals surface area contributed by atoms with Crippen molar-refractivity contribution in [3.05, 3.63) is 33.4 Å². The molecule has 1 aromatic rings. The number of aromatic hydroxyl groups is 1. The van der Waals surface area contributed by atoms with Crippen LogP contribution in [0.4, 0.5) is 0 Å². The van der Waals surface area contributed by atoms with Gasteiger partial charge < -0.3 is 10.2 Å². The predicted octanol–water partition coefficient (Wildman–Crippen LogP) is 2.34. The Labute approximate surface area is 88.8 Å². The van der Waals surface area contributed by atoms with Crippen molar-refractivity contribution in [2.45, 2.75) is 0 Å². The highest BCUT2D eigenvalue weighted by molar-refractivity contribution is 14.1. The molecule has 0 spiro atoms. The summed E-state index contributed by atoms with van der Waals surface area (Å²) in [6, 6.07) is 3.04. The Bertz CT molecular complexity index is 371. The van der Waals surface area contributed by atoms with Gasteiger partial charge in [-0.3, -0.25) is 0 Å². The molecule has 0 bridgehead atoms. The molecule has 0 amide bonds. The topological polar surface area (TPSA) is 57.5 Å². The van der Waals surface area contributed by atoms with Crippen LogP contribution in [0.5, 0.6) is 5.75 Å². The largest absolute Gasteiger partial charge is 0.506 e. The third-order valence-electron chi connectivity index (χ3n) is 1.55. The second-order valence-corrected chi connectivity index (χ2v) is 3.57. The van der Waals surface area contributed by atoms with Crippen LogP contribution < -0.4 is 0 Å². The summed E-state index contributed by atoms with van der Waals surface area (Å²) in [6.45, 7) is 3.52. The predicted molar refractivity (Wildman–Crippen MR) is 57.9 cm³/mol. The van der Waals surface area contributed by atoms with E-state index in [1.165, 1.54) is 12.1 Å². The first-order chi connectivity index (χ1) is 6.06. The van der Waals surface area contributed by atoms with Crippen molar-refractivity contribution in [3.8, 4) is 5.75 Å². The summed E-state index contributed by atoms with van der Waals surface area (Å²) in [5.41, 5.74) is 0.585. The molecule has 0 saturated heterocycles. The van der Waals surface area contributed by atoms with E-state index < -0.39 is 5.97 Å². The summed E-state index contributed by atoms with van der Waals surface area (Å²) < 4.78 is 0.507. The summed E-state index contributed by atoms with van der Waals surface area (Å²) in [4.78, 5) is 10.6. The van der Waals surface area contributed by atoms with Gasteiger partial charge in [-0.15, -0.1) is 0 Å². The van der Waals surface area contributed by atoms with Gasteiger partial charge in [-0.1, -0.05) is 12.7 Å². The van der Waals surface area contributed by atoms with E-state index in [-0.39, 0.29) is 11.3 Å². The normalized spacial score (nSPS) is 9.62. The van der Waals surface area contributed by atoms with E-state index in [1.54, 1.807) is 6.07 Å². The van der Waals surface area contributed by atoms with Crippen molar-refractivity contribution in [3.63, 3.8) is 0 Å². The lowest BCUT2D eigenvalue weighted by atomic mass is 10.1. The molecule has 2 N–H and O–H groups in total. The maximum absolute atomic E-state index is 10.6. The summed E-state index contributed by atoms with van der Waals surface area (Å²) in [7, 11) is 0. The Kier molecular flexibility index (Phi) is 2.92. The molecule has 4 heteroatoms. The minimum absolute atomic E-state index is 0.0956. The highest BCUT2D eigenvalue weighted by Gasteiger charge is 2.12. The lowest BCUT2D eigenvalue weighted by Gasteiger charge is -2.03. The van der Waals surface area contributed by atoms with Gasteiger partial charge >= 0.3 is 5.97 Å². The van der Waals surface area contributed by atoms with E-state index in [4.69, 9.17) is 5.11 Å². The van der Waals surface area contributed by atoms with E-state index in [2.05, 4.69) is 6.58 Å². The molecule has 0 aliphatic carbocycles. The molecule has 0 aliphatic rings. The first-order valence-corrected chi connectivity index (χ1v) is 4.52. The molecule has 1 rings (SSSR count). The second kappa shape index (κ2) is 3.78. The Hall–Kier alpha value is -1.04. The Morgan fingerprint density at radius 1 is 1.54 bits per heavy atom. The van der Waals surface area contributed by atoms with Gasteiger partial charge in [0.05, 0.1) is 3.57 Å². The number of carboxylic acid groups (broad SMARTS) is 1. The van der Waals surface area contributed by atoms with E-state index in [0.717, 1.165) is 0 Å². The zero-order valence-corrected chi connectivity index (χ0v) is 8.78. The second-order valence-electron chi connectivity index (χ2n) is 2.41. The Balaban J connectivity index is 3.41. The first-order valence-electron chi connectivity index (χ1n) is 3.44. The molecule has 0 radical (unpaired) electrons. The maximum atomic E-state index is 10.6. The molecule has 1 aromatic carbocycles. The lowest BCUT2D eigenvalue weighted by Crippen LogP contribution is -1.98. The average Bonchev–Trinajstić information content (AvgIpc) is 2.09. The summed E-state index contributed by atoms with van der Waals surface area (Å²) in [6.07, 6.45) is 1.54. The highest BCUT2D eigenvalue weighted by Crippen LogP contribution is 2.26. The van der Waals surface area contributed by atoms with Crippen molar-refractivity contribution < 1.29 is 15.0 Å². The van der Waals surface area contributed by atoms with Crippen LogP contribution in [-0.4, -0.2) is 16.2 Å². The fraction of sp³-hybridized carbons (Fsp3) is 0. The molecule has 68 valence electrons. The molecular weight excluding hydrogens is 283 g/mol. The zero-order chi connectivity index (χ0) is 10.0. The fourth-order valence-electron chi connectivity index (χ4n) is 0.901. The fourth-order valence-corrected chi connectivity index (χ4v) is 1.55. The van der Waals surface area contributed by atoms with E-state index in [9.17, 15) is 9.90 Å². The molecule has 0 unspecified atom stereocenters. The zero-order valence-electron chi connectivity index (χ0n) is 6.62. The minimum atomic E-state index is -1.14. The van der Waals surface area contributed by atoms with Gasteiger partial charge in [0.1, 0.15) is 11.3 Å². The van der Waals surface area contributed by atoms with Gasteiger partial charge in [-0.05, 0) is 40.3 Å². The van der Waals surface area contributed by atoms with Crippen LogP contribution in [0, 0.1) is 3.57 Å². The van der Waals surface area contributed by atoms with Gasteiger partial charge in [-0.25, -0.2) is 4.79 Å². The number of halogens is 1.